The fourth-order valence-corrected chi connectivity index (χ4v) is 28.5. The Bertz CT molecular complexity index is 403. The summed E-state index contributed by atoms with van der Waals surface area (Å²) in [6, 6.07) is 0. The zero-order valence-electron chi connectivity index (χ0n) is 20.1. The van der Waals surface area contributed by atoms with E-state index in [0.29, 0.717) is 0 Å². The van der Waals surface area contributed by atoms with E-state index in [1.807, 2.05) is 5.20 Å². The molecular weight excluding hydrogens is 467 g/mol. The van der Waals surface area contributed by atoms with Crippen LogP contribution >= 0.6 is 0 Å². The fourth-order valence-electron chi connectivity index (χ4n) is 4.44. The monoisotopic (exact) mass is 518 g/mol. The first-order chi connectivity index (χ1) is 13.4. The Morgan fingerprint density at radius 1 is 0.964 bits per heavy atom. The molecule has 1 aliphatic rings. The number of unbranched alkanes of at least 4 members (excludes halogenated alkanes) is 3. The molecule has 1 saturated heterocycles. The molecule has 1 unspecified atom stereocenters. The molecule has 166 valence electrons. The summed E-state index contributed by atoms with van der Waals surface area (Å²) in [6.07, 6.45) is 14.6. The van der Waals surface area contributed by atoms with Crippen molar-refractivity contribution >= 4 is 26.5 Å². The predicted octanol–water partition coefficient (Wildman–Crippen LogP) is 8.18. The van der Waals surface area contributed by atoms with Crippen molar-refractivity contribution in [2.75, 3.05) is 13.2 Å². The maximum atomic E-state index is 6.11. The zero-order valence-corrected chi connectivity index (χ0v) is 23.9. The summed E-state index contributed by atoms with van der Waals surface area (Å²) in [7, 11) is -1.31. The van der Waals surface area contributed by atoms with E-state index in [1.165, 1.54) is 55.8 Å². The molecular formula is C24H50O2SiSn. The van der Waals surface area contributed by atoms with Crippen LogP contribution in [0.2, 0.25) is 37.4 Å². The van der Waals surface area contributed by atoms with Gasteiger partial charge in [0, 0.05) is 0 Å². The quantitative estimate of drug-likeness (QED) is 0.204. The van der Waals surface area contributed by atoms with Crippen molar-refractivity contribution in [3.63, 3.8) is 0 Å². The second-order valence-electron chi connectivity index (χ2n) is 10.1. The molecule has 4 heteroatoms. The van der Waals surface area contributed by atoms with Gasteiger partial charge in [0.25, 0.3) is 0 Å². The second kappa shape index (κ2) is 14.6. The first-order valence-electron chi connectivity index (χ1n) is 12.3. The Morgan fingerprint density at radius 3 is 1.96 bits per heavy atom. The summed E-state index contributed by atoms with van der Waals surface area (Å²) in [5, 5.41) is 1.82. The summed E-state index contributed by atoms with van der Waals surface area (Å²) >= 11 is -2.14. The third kappa shape index (κ3) is 10.6. The molecule has 0 spiro atoms. The summed E-state index contributed by atoms with van der Waals surface area (Å²) in [4.78, 5) is 0. The van der Waals surface area contributed by atoms with E-state index < -0.39 is 26.5 Å². The van der Waals surface area contributed by atoms with Gasteiger partial charge in [-0.25, -0.2) is 0 Å². The van der Waals surface area contributed by atoms with Crippen LogP contribution in [0.3, 0.4) is 0 Å². The van der Waals surface area contributed by atoms with Crippen LogP contribution < -0.4 is 0 Å². The zero-order chi connectivity index (χ0) is 20.9. The Hall–Kier alpha value is 0.676. The van der Waals surface area contributed by atoms with Crippen LogP contribution in [0.4, 0.5) is 0 Å². The van der Waals surface area contributed by atoms with Crippen molar-refractivity contribution in [3.8, 4) is 0 Å². The van der Waals surface area contributed by atoms with Gasteiger partial charge in [-0.2, -0.15) is 0 Å². The van der Waals surface area contributed by atoms with Gasteiger partial charge in [-0.15, -0.1) is 0 Å². The molecule has 0 radical (unpaired) electrons. The van der Waals surface area contributed by atoms with Gasteiger partial charge in [0.1, 0.15) is 0 Å². The molecule has 0 aromatic heterocycles. The van der Waals surface area contributed by atoms with Crippen LogP contribution in [0.25, 0.3) is 0 Å². The van der Waals surface area contributed by atoms with Gasteiger partial charge < -0.3 is 0 Å². The van der Waals surface area contributed by atoms with E-state index >= 15 is 0 Å². The summed E-state index contributed by atoms with van der Waals surface area (Å²) < 4.78 is 18.2. The molecule has 1 aliphatic heterocycles. The summed E-state index contributed by atoms with van der Waals surface area (Å²) in [5.41, 5.74) is 0. The van der Waals surface area contributed by atoms with Gasteiger partial charge in [0.2, 0.25) is 0 Å². The number of hydrogen-bond acceptors (Lipinski definition) is 2. The van der Waals surface area contributed by atoms with Gasteiger partial charge in [-0.05, 0) is 0 Å². The molecule has 1 heterocycles. The average molecular weight is 517 g/mol. The first kappa shape index (κ1) is 26.7. The van der Waals surface area contributed by atoms with Crippen LogP contribution in [0.1, 0.15) is 78.6 Å². The van der Waals surface area contributed by atoms with Crippen molar-refractivity contribution in [1.82, 2.24) is 0 Å². The van der Waals surface area contributed by atoms with E-state index in [0.717, 1.165) is 19.6 Å². The van der Waals surface area contributed by atoms with E-state index in [-0.39, 0.29) is 6.29 Å². The minimum absolute atomic E-state index is 0.0430. The van der Waals surface area contributed by atoms with E-state index in [2.05, 4.69) is 46.5 Å². The van der Waals surface area contributed by atoms with Crippen molar-refractivity contribution in [1.29, 1.82) is 0 Å². The van der Waals surface area contributed by atoms with Crippen molar-refractivity contribution in [2.45, 2.75) is 122 Å². The normalized spacial score (nSPS) is 19.2. The molecule has 1 atom stereocenters. The second-order valence-corrected chi connectivity index (χ2v) is 29.1. The average Bonchev–Trinajstić information content (AvgIpc) is 2.68. The Kier molecular flexibility index (Phi) is 14.0. The molecule has 0 N–H and O–H groups in total. The van der Waals surface area contributed by atoms with Crippen LogP contribution in [0.15, 0.2) is 11.3 Å². The molecule has 2 nitrogen and oxygen atoms in total. The predicted molar refractivity (Wildman–Crippen MR) is 131 cm³/mol. The molecule has 0 aromatic rings. The van der Waals surface area contributed by atoms with Crippen molar-refractivity contribution in [2.24, 2.45) is 0 Å². The van der Waals surface area contributed by atoms with Crippen molar-refractivity contribution in [3.05, 3.63) is 11.3 Å². The van der Waals surface area contributed by atoms with Gasteiger partial charge in [-0.1, -0.05) is 0 Å². The minimum atomic E-state index is -2.14. The van der Waals surface area contributed by atoms with E-state index in [9.17, 15) is 0 Å². The Balaban J connectivity index is 2.90. The number of ether oxygens (including phenoxy) is 2. The number of hydrogen-bond donors (Lipinski definition) is 0. The summed E-state index contributed by atoms with van der Waals surface area (Å²) in [5.74, 6) is 0. The molecule has 0 aliphatic carbocycles. The molecule has 1 rings (SSSR count). The third-order valence-electron chi connectivity index (χ3n) is 6.46. The Labute approximate surface area is 182 Å². The van der Waals surface area contributed by atoms with Crippen LogP contribution in [0.5, 0.6) is 0 Å². The SMILES string of the molecule is CCC[CH2][Sn]([CH2]CCC)([CH2]CCC)[CH2]/C(=C\COC1CCCCO1)[Si](C)(C)C. The van der Waals surface area contributed by atoms with Gasteiger partial charge >= 0.3 is 183 Å². The van der Waals surface area contributed by atoms with E-state index in [1.54, 1.807) is 13.3 Å². The molecule has 1 fully saturated rings. The van der Waals surface area contributed by atoms with Crippen LogP contribution in [0, 0.1) is 0 Å². The first-order valence-corrected chi connectivity index (χ1v) is 23.9. The number of allylic oxidation sites excluding steroid dienone is 1. The summed E-state index contributed by atoms with van der Waals surface area (Å²) in [6.45, 7) is 16.4. The Morgan fingerprint density at radius 2 is 1.54 bits per heavy atom. The van der Waals surface area contributed by atoms with Gasteiger partial charge in [0.15, 0.2) is 0 Å². The molecule has 0 aromatic carbocycles. The van der Waals surface area contributed by atoms with Crippen molar-refractivity contribution < 1.29 is 9.47 Å². The van der Waals surface area contributed by atoms with E-state index in [4.69, 9.17) is 9.47 Å². The molecule has 0 amide bonds. The molecule has 28 heavy (non-hydrogen) atoms. The fraction of sp³-hybridized carbons (Fsp3) is 0.917. The van der Waals surface area contributed by atoms with Gasteiger partial charge in [-0.3, -0.25) is 0 Å². The molecule has 0 saturated carbocycles. The third-order valence-corrected chi connectivity index (χ3v) is 25.1. The topological polar surface area (TPSA) is 18.5 Å². The van der Waals surface area contributed by atoms with Gasteiger partial charge in [0.05, 0.1) is 0 Å². The number of rotatable bonds is 15. The van der Waals surface area contributed by atoms with Crippen LogP contribution in [-0.2, 0) is 9.47 Å². The molecule has 0 bridgehead atoms. The van der Waals surface area contributed by atoms with Crippen LogP contribution in [-0.4, -0.2) is 46.0 Å². The standard InChI is InChI=1S/C12H23O2Si.3C4H9.Sn/c1-11(15(2,3)4)8-10-14-12-7-5-6-9-13-12;3*1-3-4-2;/h8,12H,1,5-7,9-10H2,2-4H3;3*1,3-4H2,2H3;/b11-8+;;;;. The maximum absolute atomic E-state index is 6.11.